The number of aromatic amines is 1. The van der Waals surface area contributed by atoms with Gasteiger partial charge in [0.05, 0.1) is 0 Å². The average Bonchev–Trinajstić information content (AvgIpc) is 4.12. The van der Waals surface area contributed by atoms with Crippen LogP contribution in [0.25, 0.3) is 108 Å². The van der Waals surface area contributed by atoms with Crippen LogP contribution < -0.4 is 0 Å². The molecule has 1 N–H and O–H groups in total. The van der Waals surface area contributed by atoms with Crippen molar-refractivity contribution in [3.63, 3.8) is 0 Å². The Bertz CT molecular complexity index is 4320. The minimum absolute atomic E-state index is 0.0760. The van der Waals surface area contributed by atoms with Crippen molar-refractivity contribution in [3.8, 4) is 44.5 Å². The van der Waals surface area contributed by atoms with Crippen LogP contribution in [0, 0.1) is 0 Å². The molecule has 0 bridgehead atoms. The van der Waals surface area contributed by atoms with E-state index in [-0.39, 0.29) is 22.2 Å². The lowest BCUT2D eigenvalue weighted by atomic mass is 9.80. The molecule has 0 saturated carbocycles. The molecule has 1 unspecified atom stereocenters. The molecule has 1 aliphatic rings. The van der Waals surface area contributed by atoms with Gasteiger partial charge in [-0.2, -0.15) is 0 Å². The highest BCUT2D eigenvalue weighted by Crippen LogP contribution is 2.51. The molecule has 12 aromatic rings. The lowest BCUT2D eigenvalue weighted by Crippen LogP contribution is -2.11. The fraction of sp³-hybridized carbons (Fsp3) is 0.227. The van der Waals surface area contributed by atoms with Crippen molar-refractivity contribution in [2.24, 2.45) is 0 Å². The molecule has 0 amide bonds. The number of thiophene rings is 2. The second-order valence-electron chi connectivity index (χ2n) is 25.7. The minimum atomic E-state index is 0.0760. The summed E-state index contributed by atoms with van der Waals surface area (Å²) in [7, 11) is 0. The topological polar surface area (TPSA) is 15.8 Å². The van der Waals surface area contributed by atoms with Gasteiger partial charge in [0.1, 0.15) is 0 Å². The van der Waals surface area contributed by atoms with Gasteiger partial charge in [-0.3, -0.25) is 0 Å². The second-order valence-corrected chi connectivity index (χ2v) is 27.8. The van der Waals surface area contributed by atoms with Crippen LogP contribution in [0.5, 0.6) is 0 Å². The van der Waals surface area contributed by atoms with Crippen LogP contribution in [0.3, 0.4) is 0 Å². The van der Waals surface area contributed by atoms with Gasteiger partial charge in [-0.05, 0) is 179 Å². The quantitative estimate of drug-likeness (QED) is 0.164. The summed E-state index contributed by atoms with van der Waals surface area (Å²) in [6.45, 7) is 25.2. The van der Waals surface area contributed by atoms with Gasteiger partial charge in [-0.15, -0.1) is 22.7 Å². The van der Waals surface area contributed by atoms with E-state index in [0.29, 0.717) is 5.92 Å². The van der Waals surface area contributed by atoms with Gasteiger partial charge >= 0.3 is 0 Å². The largest absolute Gasteiger partial charge is 0.355 e. The Labute approximate surface area is 469 Å². The smallest absolute Gasteiger partial charge is 0.0465 e. The molecule has 0 spiro atoms. The van der Waals surface area contributed by atoms with E-state index in [1.54, 1.807) is 0 Å². The molecule has 1 aliphatic carbocycles. The van der Waals surface area contributed by atoms with Crippen molar-refractivity contribution in [3.05, 3.63) is 226 Å². The number of fused-ring (bicyclic) bond motifs is 9. The van der Waals surface area contributed by atoms with E-state index in [1.165, 1.54) is 140 Å². The van der Waals surface area contributed by atoms with E-state index < -0.39 is 0 Å². The highest BCUT2D eigenvalue weighted by atomic mass is 32.1. The summed E-state index contributed by atoms with van der Waals surface area (Å²) in [5.41, 5.74) is 23.5. The van der Waals surface area contributed by atoms with E-state index in [2.05, 4.69) is 269 Å². The molecule has 3 aromatic heterocycles. The molecular weight excluding hydrogens is 979 g/mol. The van der Waals surface area contributed by atoms with Crippen LogP contribution in [0.15, 0.2) is 182 Å². The molecule has 386 valence electrons. The SMILES string of the molecule is CC(C)c1ccc(-c2ccc3sc4c(c3c2)C=C(c2ccc(C(C)(C)C)cc2)CC4c2ccc3[nH]c4ccc(-c5cc(-c6ccc(C(C)(C)C)cc6)cc6c5sc5ccc(-c7ccc(C(C)(C)C)cc7)cc56)cc4c3c2)cc1. The molecule has 3 heterocycles. The summed E-state index contributed by atoms with van der Waals surface area (Å²) >= 11 is 3.90. The van der Waals surface area contributed by atoms with Crippen LogP contribution in [-0.2, 0) is 16.2 Å². The zero-order chi connectivity index (χ0) is 54.0. The van der Waals surface area contributed by atoms with Gasteiger partial charge in [0.15, 0.2) is 0 Å². The first-order valence-corrected chi connectivity index (χ1v) is 29.7. The van der Waals surface area contributed by atoms with Crippen LogP contribution in [0.4, 0.5) is 0 Å². The van der Waals surface area contributed by atoms with Crippen molar-refractivity contribution in [1.82, 2.24) is 4.98 Å². The maximum Gasteiger partial charge on any atom is 0.0465 e. The van der Waals surface area contributed by atoms with Crippen molar-refractivity contribution >= 4 is 86.4 Å². The van der Waals surface area contributed by atoms with Crippen molar-refractivity contribution < 1.29 is 0 Å². The van der Waals surface area contributed by atoms with Crippen molar-refractivity contribution in [2.45, 2.75) is 111 Å². The Morgan fingerprint density at radius 1 is 0.410 bits per heavy atom. The summed E-state index contributed by atoms with van der Waals surface area (Å²) in [5.74, 6) is 0.705. The third kappa shape index (κ3) is 9.03. The Hall–Kier alpha value is -7.30. The van der Waals surface area contributed by atoms with Crippen LogP contribution in [0.2, 0.25) is 0 Å². The van der Waals surface area contributed by atoms with Gasteiger partial charge in [-0.25, -0.2) is 0 Å². The van der Waals surface area contributed by atoms with Crippen LogP contribution >= 0.6 is 22.7 Å². The lowest BCUT2D eigenvalue weighted by molar-refractivity contribution is 0.590. The van der Waals surface area contributed by atoms with Gasteiger partial charge in [-0.1, -0.05) is 197 Å². The third-order valence-corrected chi connectivity index (χ3v) is 19.4. The molecule has 0 fully saturated rings. The van der Waals surface area contributed by atoms with Crippen LogP contribution in [-0.4, -0.2) is 4.98 Å². The van der Waals surface area contributed by atoms with E-state index >= 15 is 0 Å². The summed E-state index contributed by atoms with van der Waals surface area (Å²) < 4.78 is 3.98. The molecule has 78 heavy (non-hydrogen) atoms. The Balaban J connectivity index is 0.945. The fourth-order valence-corrected chi connectivity index (χ4v) is 14.5. The standard InChI is InChI=1S/C75H69NS2/c1-44(2)45-12-14-46(15-13-45)50-24-34-69-63(36-50)65-42-54(48-18-28-57(29-19-48)74(6,7)8)40-59(71(65)77-69)52-22-32-67-61(38-52)62-39-53(23-33-68(62)76-67)60-41-55(49-20-30-58(31-21-49)75(9,10)11)43-66-64-37-51(25-35-70(64)78-72(60)66)47-16-26-56(27-17-47)73(3,4)5/h12-39,41-44,59,76H,40H2,1-11H3. The first-order valence-electron chi connectivity index (χ1n) is 28.1. The number of rotatable bonds is 7. The Morgan fingerprint density at radius 2 is 0.872 bits per heavy atom. The van der Waals surface area contributed by atoms with Crippen molar-refractivity contribution in [1.29, 1.82) is 0 Å². The summed E-state index contributed by atoms with van der Waals surface area (Å²) in [6, 6.07) is 70.6. The maximum atomic E-state index is 3.85. The summed E-state index contributed by atoms with van der Waals surface area (Å²) in [4.78, 5) is 5.31. The van der Waals surface area contributed by atoms with E-state index in [0.717, 1.165) is 11.9 Å². The minimum Gasteiger partial charge on any atom is -0.355 e. The maximum absolute atomic E-state index is 3.85. The number of aromatic nitrogens is 1. The molecule has 0 saturated heterocycles. The number of hydrogen-bond acceptors (Lipinski definition) is 2. The number of benzene rings is 9. The predicted molar refractivity (Wildman–Crippen MR) is 343 cm³/mol. The number of H-pyrrole nitrogens is 1. The molecule has 1 atom stereocenters. The first kappa shape index (κ1) is 50.2. The normalized spacial score (nSPS) is 14.4. The monoisotopic (exact) mass is 1050 g/mol. The molecule has 3 heteroatoms. The van der Waals surface area contributed by atoms with Gasteiger partial charge in [0, 0.05) is 68.4 Å². The number of hydrogen-bond donors (Lipinski definition) is 1. The summed E-state index contributed by atoms with van der Waals surface area (Å²) in [5, 5.41) is 6.49. The lowest BCUT2D eigenvalue weighted by Gasteiger charge is -2.25. The van der Waals surface area contributed by atoms with E-state index in [4.69, 9.17) is 0 Å². The molecule has 0 aliphatic heterocycles. The Morgan fingerprint density at radius 3 is 1.45 bits per heavy atom. The van der Waals surface area contributed by atoms with E-state index in [9.17, 15) is 0 Å². The Kier molecular flexibility index (Phi) is 12.0. The van der Waals surface area contributed by atoms with E-state index in [1.807, 2.05) is 22.7 Å². The van der Waals surface area contributed by atoms with Gasteiger partial charge in [0.25, 0.3) is 0 Å². The molecular formula is C75H69NS2. The fourth-order valence-electron chi connectivity index (χ4n) is 12.0. The molecule has 13 rings (SSSR count). The van der Waals surface area contributed by atoms with Crippen molar-refractivity contribution in [2.75, 3.05) is 0 Å². The number of allylic oxidation sites excluding steroid dienone is 1. The highest BCUT2D eigenvalue weighted by molar-refractivity contribution is 7.26. The molecule has 0 radical (unpaired) electrons. The average molecular weight is 1050 g/mol. The highest BCUT2D eigenvalue weighted by Gasteiger charge is 2.29. The molecule has 9 aromatic carbocycles. The third-order valence-electron chi connectivity index (χ3n) is 16.9. The predicted octanol–water partition coefficient (Wildman–Crippen LogP) is 22.7. The van der Waals surface area contributed by atoms with Crippen LogP contribution in [0.1, 0.15) is 138 Å². The molecule has 1 nitrogen and oxygen atoms in total. The zero-order valence-electron chi connectivity index (χ0n) is 47.1. The first-order chi connectivity index (χ1) is 37.3. The number of nitrogens with one attached hydrogen (secondary N) is 1. The zero-order valence-corrected chi connectivity index (χ0v) is 48.7. The van der Waals surface area contributed by atoms with Gasteiger partial charge < -0.3 is 4.98 Å². The van der Waals surface area contributed by atoms with Gasteiger partial charge in [0.2, 0.25) is 0 Å². The summed E-state index contributed by atoms with van der Waals surface area (Å²) in [6.07, 6.45) is 3.46. The second kappa shape index (κ2) is 18.7.